The number of carbonyl (C=O) groups excluding carboxylic acids is 1. The zero-order valence-electron chi connectivity index (χ0n) is 12.7. The standard InChI is InChI=1S/C14H18ClNO2.4H2O/c1-11(9-10-16(2)3)14(17)18-13(15)12-7-5-4-6-8-12;;;;/h4-8,13H,1,9-10H2,2-3H3;4*1H2. The second kappa shape index (κ2) is 14.5. The van der Waals surface area contributed by atoms with Crippen LogP contribution in [0.2, 0.25) is 0 Å². The summed E-state index contributed by atoms with van der Waals surface area (Å²) < 4.78 is 5.14. The van der Waals surface area contributed by atoms with Crippen LogP contribution in [0.15, 0.2) is 42.5 Å². The molecule has 1 aromatic carbocycles. The summed E-state index contributed by atoms with van der Waals surface area (Å²) in [6, 6.07) is 9.20. The van der Waals surface area contributed by atoms with Crippen LogP contribution in [0.25, 0.3) is 0 Å². The van der Waals surface area contributed by atoms with Gasteiger partial charge in [0.1, 0.15) is 0 Å². The van der Waals surface area contributed by atoms with Gasteiger partial charge in [0.2, 0.25) is 5.56 Å². The number of nitrogens with zero attached hydrogens (tertiary/aromatic N) is 1. The van der Waals surface area contributed by atoms with Crippen molar-refractivity contribution in [3.63, 3.8) is 0 Å². The van der Waals surface area contributed by atoms with E-state index in [2.05, 4.69) is 6.58 Å². The van der Waals surface area contributed by atoms with Gasteiger partial charge >= 0.3 is 5.97 Å². The van der Waals surface area contributed by atoms with Crippen molar-refractivity contribution in [2.24, 2.45) is 0 Å². The summed E-state index contributed by atoms with van der Waals surface area (Å²) in [4.78, 5) is 13.7. The zero-order valence-corrected chi connectivity index (χ0v) is 13.5. The Kier molecular flexibility index (Phi) is 18.8. The first kappa shape index (κ1) is 28.6. The summed E-state index contributed by atoms with van der Waals surface area (Å²) in [5.74, 6) is -0.444. The van der Waals surface area contributed by atoms with E-state index < -0.39 is 11.5 Å². The summed E-state index contributed by atoms with van der Waals surface area (Å²) in [5, 5.41) is 0. The lowest BCUT2D eigenvalue weighted by atomic mass is 10.2. The van der Waals surface area contributed by atoms with Gasteiger partial charge in [0, 0.05) is 17.7 Å². The zero-order chi connectivity index (χ0) is 13.5. The molecule has 7 nitrogen and oxygen atoms in total. The molecule has 0 aliphatic carbocycles. The van der Waals surface area contributed by atoms with E-state index in [1.54, 1.807) is 0 Å². The number of carbonyl (C=O) groups is 1. The van der Waals surface area contributed by atoms with E-state index in [1.807, 2.05) is 49.3 Å². The van der Waals surface area contributed by atoms with Gasteiger partial charge in [-0.1, -0.05) is 48.5 Å². The van der Waals surface area contributed by atoms with Crippen molar-refractivity contribution >= 4 is 17.6 Å². The molecule has 0 aliphatic heterocycles. The molecule has 1 rings (SSSR count). The lowest BCUT2D eigenvalue weighted by molar-refractivity contribution is -0.141. The predicted molar refractivity (Wildman–Crippen MR) is 87.9 cm³/mol. The Morgan fingerprint density at radius 1 is 1.18 bits per heavy atom. The number of ether oxygens (including phenoxy) is 1. The normalized spacial score (nSPS) is 10.0. The summed E-state index contributed by atoms with van der Waals surface area (Å²) in [6.45, 7) is 4.47. The van der Waals surface area contributed by atoms with Crippen LogP contribution in [0.3, 0.4) is 0 Å². The smallest absolute Gasteiger partial charge is 0.335 e. The monoisotopic (exact) mass is 339 g/mol. The van der Waals surface area contributed by atoms with Gasteiger partial charge < -0.3 is 31.5 Å². The van der Waals surface area contributed by atoms with Crippen molar-refractivity contribution in [3.05, 3.63) is 48.0 Å². The van der Waals surface area contributed by atoms with Crippen LogP contribution in [0.5, 0.6) is 0 Å². The molecule has 0 bridgehead atoms. The number of rotatable bonds is 6. The van der Waals surface area contributed by atoms with Crippen molar-refractivity contribution in [1.29, 1.82) is 0 Å². The van der Waals surface area contributed by atoms with Crippen molar-refractivity contribution in [2.75, 3.05) is 20.6 Å². The average molecular weight is 340 g/mol. The molecule has 0 saturated heterocycles. The minimum Gasteiger partial charge on any atom is -0.438 e. The highest BCUT2D eigenvalue weighted by Crippen LogP contribution is 2.22. The topological polar surface area (TPSA) is 156 Å². The minimum absolute atomic E-state index is 0. The molecule has 1 unspecified atom stereocenters. The predicted octanol–water partition coefficient (Wildman–Crippen LogP) is -0.324. The van der Waals surface area contributed by atoms with Crippen LogP contribution in [0.4, 0.5) is 0 Å². The number of hydrogen-bond donors (Lipinski definition) is 0. The quantitative estimate of drug-likeness (QED) is 0.395. The van der Waals surface area contributed by atoms with Crippen molar-refractivity contribution in [2.45, 2.75) is 12.0 Å². The van der Waals surface area contributed by atoms with E-state index in [0.29, 0.717) is 12.0 Å². The van der Waals surface area contributed by atoms with Gasteiger partial charge in [-0.25, -0.2) is 4.79 Å². The van der Waals surface area contributed by atoms with E-state index in [4.69, 9.17) is 16.3 Å². The summed E-state index contributed by atoms with van der Waals surface area (Å²) >= 11 is 6.01. The molecule has 1 aromatic rings. The fourth-order valence-electron chi connectivity index (χ4n) is 1.31. The van der Waals surface area contributed by atoms with Crippen molar-refractivity contribution in [3.8, 4) is 0 Å². The molecule has 0 radical (unpaired) electrons. The van der Waals surface area contributed by atoms with E-state index >= 15 is 0 Å². The molecule has 130 valence electrons. The van der Waals surface area contributed by atoms with Gasteiger partial charge in [-0.15, -0.1) is 0 Å². The number of hydrogen-bond acceptors (Lipinski definition) is 3. The Bertz CT molecular complexity index is 413. The Morgan fingerprint density at radius 3 is 2.14 bits per heavy atom. The molecule has 22 heavy (non-hydrogen) atoms. The maximum atomic E-state index is 11.7. The van der Waals surface area contributed by atoms with Crippen LogP contribution in [0, 0.1) is 0 Å². The summed E-state index contributed by atoms with van der Waals surface area (Å²) in [5.41, 5.74) is 0.424. The Hall–Kier alpha value is -1.48. The maximum absolute atomic E-state index is 11.7. The van der Waals surface area contributed by atoms with Crippen LogP contribution in [0.1, 0.15) is 17.5 Å². The fourth-order valence-corrected chi connectivity index (χ4v) is 1.54. The van der Waals surface area contributed by atoms with Gasteiger partial charge in [-0.3, -0.25) is 0 Å². The molecular weight excluding hydrogens is 314 g/mol. The molecule has 0 fully saturated rings. The van der Waals surface area contributed by atoms with E-state index in [0.717, 1.165) is 12.1 Å². The third kappa shape index (κ3) is 10.3. The van der Waals surface area contributed by atoms with Gasteiger partial charge in [0.25, 0.3) is 0 Å². The van der Waals surface area contributed by atoms with Crippen molar-refractivity contribution in [1.82, 2.24) is 4.90 Å². The number of benzene rings is 1. The SMILES string of the molecule is C=C(CCN(C)C)C(=O)OC(Cl)c1ccccc1.O.O.O.O. The largest absolute Gasteiger partial charge is 0.438 e. The molecule has 0 amide bonds. The first-order valence-corrected chi connectivity index (χ1v) is 6.17. The van der Waals surface area contributed by atoms with Crippen LogP contribution >= 0.6 is 11.6 Å². The van der Waals surface area contributed by atoms with Crippen molar-refractivity contribution < 1.29 is 31.4 Å². The van der Waals surface area contributed by atoms with Crippen LogP contribution in [-0.2, 0) is 9.53 Å². The number of esters is 1. The maximum Gasteiger partial charge on any atom is 0.335 e. The highest BCUT2D eigenvalue weighted by molar-refractivity contribution is 6.20. The second-order valence-corrected chi connectivity index (χ2v) is 4.69. The highest BCUT2D eigenvalue weighted by atomic mass is 35.5. The van der Waals surface area contributed by atoms with E-state index in [-0.39, 0.29) is 21.9 Å². The van der Waals surface area contributed by atoms with Crippen LogP contribution < -0.4 is 0 Å². The molecule has 0 spiro atoms. The first-order valence-electron chi connectivity index (χ1n) is 5.73. The van der Waals surface area contributed by atoms with Gasteiger partial charge in [-0.05, 0) is 20.5 Å². The molecule has 1 atom stereocenters. The van der Waals surface area contributed by atoms with Gasteiger partial charge in [0.15, 0.2) is 0 Å². The lowest BCUT2D eigenvalue weighted by Gasteiger charge is -2.14. The molecule has 8 N–H and O–H groups in total. The molecule has 0 heterocycles. The Balaban J connectivity index is -0.000000405. The minimum atomic E-state index is -0.769. The van der Waals surface area contributed by atoms with Gasteiger partial charge in [-0.2, -0.15) is 0 Å². The average Bonchev–Trinajstić information content (AvgIpc) is 2.36. The number of halogens is 1. The summed E-state index contributed by atoms with van der Waals surface area (Å²) in [6.07, 6.45) is 0.574. The molecule has 0 aromatic heterocycles. The second-order valence-electron chi connectivity index (χ2n) is 4.29. The Labute approximate surface area is 135 Å². The lowest BCUT2D eigenvalue weighted by Crippen LogP contribution is -2.17. The van der Waals surface area contributed by atoms with E-state index in [9.17, 15) is 4.79 Å². The number of alkyl halides is 1. The van der Waals surface area contributed by atoms with Gasteiger partial charge in [0.05, 0.1) is 0 Å². The third-order valence-corrected chi connectivity index (χ3v) is 2.76. The van der Waals surface area contributed by atoms with Crippen LogP contribution in [-0.4, -0.2) is 53.4 Å². The molecular formula is C14H26ClNO6. The Morgan fingerprint density at radius 2 is 1.68 bits per heavy atom. The molecule has 0 aliphatic rings. The fraction of sp³-hybridized carbons (Fsp3) is 0.357. The molecule has 8 heteroatoms. The third-order valence-electron chi connectivity index (χ3n) is 2.42. The van der Waals surface area contributed by atoms with E-state index in [1.165, 1.54) is 0 Å². The molecule has 0 saturated carbocycles. The first-order chi connectivity index (χ1) is 8.50. The summed E-state index contributed by atoms with van der Waals surface area (Å²) in [7, 11) is 3.87. The highest BCUT2D eigenvalue weighted by Gasteiger charge is 2.15.